The molecule has 4 heteroatoms. The average molecular weight is 296 g/mol. The van der Waals surface area contributed by atoms with E-state index in [2.05, 4.69) is 34.8 Å². The molecule has 0 spiro atoms. The summed E-state index contributed by atoms with van der Waals surface area (Å²) in [5.41, 5.74) is 2.10. The number of hydrogen-bond acceptors (Lipinski definition) is 3. The van der Waals surface area contributed by atoms with Gasteiger partial charge in [0.1, 0.15) is 5.52 Å². The van der Waals surface area contributed by atoms with Crippen molar-refractivity contribution in [3.8, 4) is 0 Å². The van der Waals surface area contributed by atoms with Gasteiger partial charge in [0.15, 0.2) is 17.3 Å². The second-order valence-corrected chi connectivity index (χ2v) is 5.42. The quantitative estimate of drug-likeness (QED) is 0.804. The van der Waals surface area contributed by atoms with Crippen molar-refractivity contribution in [1.82, 2.24) is 4.98 Å². The molecule has 0 saturated carbocycles. The number of aromatic nitrogens is 1. The molecular formula is C13H14BrNO2. The summed E-state index contributed by atoms with van der Waals surface area (Å²) >= 11 is 3.41. The number of ketones is 1. The summed E-state index contributed by atoms with van der Waals surface area (Å²) in [6.07, 6.45) is 0.802. The third kappa shape index (κ3) is 2.57. The molecule has 2 aromatic rings. The van der Waals surface area contributed by atoms with Crippen LogP contribution in [0.1, 0.15) is 37.0 Å². The Balaban J connectivity index is 2.52. The van der Waals surface area contributed by atoms with Crippen LogP contribution in [0.2, 0.25) is 0 Å². The van der Waals surface area contributed by atoms with Gasteiger partial charge in [-0.2, -0.15) is 0 Å². The molecule has 0 saturated heterocycles. The normalized spacial score (nSPS) is 11.4. The molecule has 0 aliphatic rings. The van der Waals surface area contributed by atoms with Gasteiger partial charge in [-0.15, -0.1) is 0 Å². The van der Waals surface area contributed by atoms with Crippen molar-refractivity contribution < 1.29 is 9.21 Å². The van der Waals surface area contributed by atoms with E-state index in [1.807, 2.05) is 0 Å². The highest BCUT2D eigenvalue weighted by molar-refractivity contribution is 9.10. The van der Waals surface area contributed by atoms with Gasteiger partial charge in [0.25, 0.3) is 0 Å². The molecule has 1 heterocycles. The fourth-order valence-electron chi connectivity index (χ4n) is 1.68. The van der Waals surface area contributed by atoms with E-state index in [-0.39, 0.29) is 5.78 Å². The van der Waals surface area contributed by atoms with Gasteiger partial charge >= 0.3 is 0 Å². The molecule has 0 amide bonds. The lowest BCUT2D eigenvalue weighted by Gasteiger charge is -1.97. The largest absolute Gasteiger partial charge is 0.439 e. The van der Waals surface area contributed by atoms with Gasteiger partial charge in [-0.25, -0.2) is 4.98 Å². The van der Waals surface area contributed by atoms with E-state index in [0.29, 0.717) is 17.1 Å². The molecular weight excluding hydrogens is 282 g/mol. The van der Waals surface area contributed by atoms with Crippen molar-refractivity contribution in [2.24, 2.45) is 5.92 Å². The van der Waals surface area contributed by atoms with Crippen molar-refractivity contribution in [3.05, 3.63) is 28.1 Å². The molecule has 2 rings (SSSR count). The van der Waals surface area contributed by atoms with Crippen LogP contribution in [-0.4, -0.2) is 10.8 Å². The zero-order valence-corrected chi connectivity index (χ0v) is 11.7. The second-order valence-electron chi connectivity index (χ2n) is 4.57. The maximum absolute atomic E-state index is 11.3. The molecule has 0 radical (unpaired) electrons. The van der Waals surface area contributed by atoms with Gasteiger partial charge in [-0.3, -0.25) is 4.79 Å². The number of hydrogen-bond donors (Lipinski definition) is 0. The van der Waals surface area contributed by atoms with E-state index in [1.165, 1.54) is 0 Å². The Morgan fingerprint density at radius 1 is 1.47 bits per heavy atom. The van der Waals surface area contributed by atoms with Crippen LogP contribution in [0, 0.1) is 5.92 Å². The zero-order valence-electron chi connectivity index (χ0n) is 10.1. The second kappa shape index (κ2) is 4.61. The Labute approximate surface area is 108 Å². The molecule has 90 valence electrons. The topological polar surface area (TPSA) is 43.1 Å². The molecule has 0 N–H and O–H groups in total. The first-order chi connectivity index (χ1) is 7.97. The van der Waals surface area contributed by atoms with E-state index < -0.39 is 0 Å². The molecule has 3 nitrogen and oxygen atoms in total. The van der Waals surface area contributed by atoms with Crippen LogP contribution in [-0.2, 0) is 6.42 Å². The minimum atomic E-state index is 0.0287. The Hall–Kier alpha value is -1.16. The number of nitrogens with zero attached hydrogens (tertiary/aromatic N) is 1. The number of carbonyl (C=O) groups is 1. The third-order valence-corrected chi connectivity index (χ3v) is 3.07. The molecule has 0 aliphatic carbocycles. The Bertz CT molecular complexity index is 572. The minimum Gasteiger partial charge on any atom is -0.439 e. The number of benzene rings is 1. The fourth-order valence-corrected chi connectivity index (χ4v) is 2.21. The highest BCUT2D eigenvalue weighted by Gasteiger charge is 2.13. The van der Waals surface area contributed by atoms with Crippen molar-refractivity contribution in [3.63, 3.8) is 0 Å². The van der Waals surface area contributed by atoms with E-state index in [9.17, 15) is 4.79 Å². The van der Waals surface area contributed by atoms with Crippen LogP contribution >= 0.6 is 15.9 Å². The van der Waals surface area contributed by atoms with E-state index in [0.717, 1.165) is 22.3 Å². The van der Waals surface area contributed by atoms with Gasteiger partial charge < -0.3 is 4.42 Å². The number of rotatable bonds is 3. The van der Waals surface area contributed by atoms with Crippen LogP contribution in [0.15, 0.2) is 21.0 Å². The molecule has 0 fully saturated rings. The van der Waals surface area contributed by atoms with Crippen molar-refractivity contribution in [2.75, 3.05) is 0 Å². The van der Waals surface area contributed by atoms with Crippen molar-refractivity contribution in [2.45, 2.75) is 27.2 Å². The fraction of sp³-hybridized carbons (Fsp3) is 0.385. The van der Waals surface area contributed by atoms with E-state index >= 15 is 0 Å². The van der Waals surface area contributed by atoms with Crippen LogP contribution in [0.3, 0.4) is 0 Å². The zero-order chi connectivity index (χ0) is 12.6. The van der Waals surface area contributed by atoms with Gasteiger partial charge in [-0.1, -0.05) is 13.8 Å². The van der Waals surface area contributed by atoms with Gasteiger partial charge in [-0.05, 0) is 40.9 Å². The van der Waals surface area contributed by atoms with Crippen LogP contribution < -0.4 is 0 Å². The number of oxazole rings is 1. The Morgan fingerprint density at radius 3 is 2.76 bits per heavy atom. The van der Waals surface area contributed by atoms with Gasteiger partial charge in [0.05, 0.1) is 4.47 Å². The predicted octanol–water partition coefficient (Wildman–Crippen LogP) is 3.99. The number of halogens is 1. The molecule has 0 aliphatic heterocycles. The summed E-state index contributed by atoms with van der Waals surface area (Å²) in [7, 11) is 0. The summed E-state index contributed by atoms with van der Waals surface area (Å²) in [4.78, 5) is 15.8. The number of fused-ring (bicyclic) bond motifs is 1. The predicted molar refractivity (Wildman–Crippen MR) is 70.3 cm³/mol. The molecule has 1 aromatic carbocycles. The lowest BCUT2D eigenvalue weighted by atomic mass is 10.1. The first-order valence-corrected chi connectivity index (χ1v) is 6.36. The Kier molecular flexibility index (Phi) is 3.33. The molecule has 0 bridgehead atoms. The maximum atomic E-state index is 11.3. The smallest absolute Gasteiger partial charge is 0.195 e. The third-order valence-electron chi connectivity index (χ3n) is 2.48. The van der Waals surface area contributed by atoms with Crippen molar-refractivity contribution >= 4 is 32.8 Å². The lowest BCUT2D eigenvalue weighted by molar-refractivity contribution is 0.101. The number of carbonyl (C=O) groups excluding carboxylic acids is 1. The van der Waals surface area contributed by atoms with Gasteiger partial charge in [0.2, 0.25) is 0 Å². The van der Waals surface area contributed by atoms with Crippen LogP contribution in [0.25, 0.3) is 11.1 Å². The first-order valence-electron chi connectivity index (χ1n) is 5.57. The molecule has 17 heavy (non-hydrogen) atoms. The summed E-state index contributed by atoms with van der Waals surface area (Å²) in [5.74, 6) is 1.24. The maximum Gasteiger partial charge on any atom is 0.195 e. The van der Waals surface area contributed by atoms with Crippen LogP contribution in [0.5, 0.6) is 0 Å². The SMILES string of the molecule is CC(=O)c1cc(Br)c2oc(CC(C)C)nc2c1. The molecule has 1 aromatic heterocycles. The number of Topliss-reactive ketones (excluding diaryl/α,β-unsaturated/α-hetero) is 1. The average Bonchev–Trinajstić information content (AvgIpc) is 2.59. The van der Waals surface area contributed by atoms with E-state index in [4.69, 9.17) is 4.42 Å². The van der Waals surface area contributed by atoms with Crippen LogP contribution in [0.4, 0.5) is 0 Å². The standard InChI is InChI=1S/C13H14BrNO2/c1-7(2)4-12-15-11-6-9(8(3)16)5-10(14)13(11)17-12/h5-7H,4H2,1-3H3. The molecule has 0 atom stereocenters. The van der Waals surface area contributed by atoms with Gasteiger partial charge in [0, 0.05) is 12.0 Å². The first kappa shape index (κ1) is 12.3. The summed E-state index contributed by atoms with van der Waals surface area (Å²) in [6.45, 7) is 5.78. The summed E-state index contributed by atoms with van der Waals surface area (Å²) in [6, 6.07) is 3.55. The Morgan fingerprint density at radius 2 is 2.18 bits per heavy atom. The highest BCUT2D eigenvalue weighted by Crippen LogP contribution is 2.27. The summed E-state index contributed by atoms with van der Waals surface area (Å²) < 4.78 is 6.46. The van der Waals surface area contributed by atoms with Crippen molar-refractivity contribution in [1.29, 1.82) is 0 Å². The lowest BCUT2D eigenvalue weighted by Crippen LogP contribution is -1.93. The monoisotopic (exact) mass is 295 g/mol. The minimum absolute atomic E-state index is 0.0287. The highest BCUT2D eigenvalue weighted by atomic mass is 79.9. The molecule has 0 unspecified atom stereocenters. The summed E-state index contributed by atoms with van der Waals surface area (Å²) in [5, 5.41) is 0. The van der Waals surface area contributed by atoms with E-state index in [1.54, 1.807) is 19.1 Å².